The molecule has 7 nitrogen and oxygen atoms in total. The van der Waals surface area contributed by atoms with Gasteiger partial charge in [-0.1, -0.05) is 11.3 Å². The number of carbonyl (C=O) groups is 1. The van der Waals surface area contributed by atoms with Crippen molar-refractivity contribution in [1.82, 2.24) is 10.6 Å². The van der Waals surface area contributed by atoms with Crippen molar-refractivity contribution in [2.75, 3.05) is 33.4 Å². The highest BCUT2D eigenvalue weighted by molar-refractivity contribution is 7.13. The summed E-state index contributed by atoms with van der Waals surface area (Å²) < 4.78 is 4.85. The number of rotatable bonds is 8. The maximum Gasteiger partial charge on any atom is 0.324 e. The molecule has 0 atom stereocenters. The van der Waals surface area contributed by atoms with Gasteiger partial charge in [0.25, 0.3) is 5.91 Å². The van der Waals surface area contributed by atoms with Crippen molar-refractivity contribution < 1.29 is 14.5 Å². The molecule has 0 aromatic carbocycles. The molecular weight excluding hydrogens is 258 g/mol. The third-order valence-corrected chi connectivity index (χ3v) is 2.98. The van der Waals surface area contributed by atoms with Crippen molar-refractivity contribution in [1.29, 1.82) is 0 Å². The van der Waals surface area contributed by atoms with Crippen LogP contribution in [0.5, 0.6) is 0 Å². The monoisotopic (exact) mass is 273 g/mol. The van der Waals surface area contributed by atoms with E-state index in [1.807, 2.05) is 0 Å². The van der Waals surface area contributed by atoms with E-state index >= 15 is 0 Å². The molecule has 0 saturated heterocycles. The van der Waals surface area contributed by atoms with Crippen LogP contribution in [0, 0.1) is 10.1 Å². The summed E-state index contributed by atoms with van der Waals surface area (Å²) in [6.07, 6.45) is 0. The molecule has 18 heavy (non-hydrogen) atoms. The second-order valence-corrected chi connectivity index (χ2v) is 4.32. The molecule has 0 aliphatic rings. The van der Waals surface area contributed by atoms with Crippen molar-refractivity contribution in [2.24, 2.45) is 0 Å². The van der Waals surface area contributed by atoms with Crippen LogP contribution in [0.2, 0.25) is 0 Å². The first-order valence-electron chi connectivity index (χ1n) is 5.36. The average molecular weight is 273 g/mol. The van der Waals surface area contributed by atoms with Crippen molar-refractivity contribution in [2.45, 2.75) is 0 Å². The molecule has 0 bridgehead atoms. The highest BCUT2D eigenvalue weighted by Gasteiger charge is 2.14. The minimum Gasteiger partial charge on any atom is -0.383 e. The number of nitro groups is 1. The summed E-state index contributed by atoms with van der Waals surface area (Å²) in [5.41, 5.74) is 0.323. The van der Waals surface area contributed by atoms with Gasteiger partial charge >= 0.3 is 5.00 Å². The summed E-state index contributed by atoms with van der Waals surface area (Å²) in [7, 11) is 1.62. The van der Waals surface area contributed by atoms with Crippen molar-refractivity contribution in [3.8, 4) is 0 Å². The fourth-order valence-electron chi connectivity index (χ4n) is 1.21. The van der Waals surface area contributed by atoms with Crippen molar-refractivity contribution >= 4 is 22.2 Å². The summed E-state index contributed by atoms with van der Waals surface area (Å²) in [6.45, 7) is 2.43. The minimum absolute atomic E-state index is 0.0293. The molecule has 0 saturated carbocycles. The zero-order chi connectivity index (χ0) is 13.4. The molecule has 100 valence electrons. The molecule has 1 heterocycles. The minimum atomic E-state index is -0.506. The standard InChI is InChI=1S/C10H15N3O4S/c1-17-5-4-11-2-3-12-10(14)8-6-9(13(15)16)18-7-8/h6-7,11H,2-5H2,1H3,(H,12,14). The van der Waals surface area contributed by atoms with E-state index in [0.29, 0.717) is 25.3 Å². The van der Waals surface area contributed by atoms with Crippen molar-refractivity contribution in [3.63, 3.8) is 0 Å². The Hall–Kier alpha value is -1.51. The van der Waals surface area contributed by atoms with Crippen LogP contribution in [0.15, 0.2) is 11.4 Å². The highest BCUT2D eigenvalue weighted by Crippen LogP contribution is 2.22. The van der Waals surface area contributed by atoms with Crippen LogP contribution in [-0.4, -0.2) is 44.2 Å². The Balaban J connectivity index is 2.25. The second-order valence-electron chi connectivity index (χ2n) is 3.43. The zero-order valence-electron chi connectivity index (χ0n) is 9.97. The molecule has 0 aliphatic heterocycles. The predicted molar refractivity (Wildman–Crippen MR) is 68.1 cm³/mol. The van der Waals surface area contributed by atoms with Gasteiger partial charge < -0.3 is 15.4 Å². The fourth-order valence-corrected chi connectivity index (χ4v) is 1.91. The van der Waals surface area contributed by atoms with Crippen LogP contribution in [0.25, 0.3) is 0 Å². The van der Waals surface area contributed by atoms with Crippen LogP contribution >= 0.6 is 11.3 Å². The molecule has 0 fully saturated rings. The number of thiophene rings is 1. The van der Waals surface area contributed by atoms with Gasteiger partial charge in [-0.2, -0.15) is 0 Å². The van der Waals surface area contributed by atoms with Crippen LogP contribution in [0.3, 0.4) is 0 Å². The summed E-state index contributed by atoms with van der Waals surface area (Å²) in [5, 5.41) is 17.6. The lowest BCUT2D eigenvalue weighted by Gasteiger charge is -2.05. The summed E-state index contributed by atoms with van der Waals surface area (Å²) >= 11 is 0.944. The zero-order valence-corrected chi connectivity index (χ0v) is 10.8. The molecule has 2 N–H and O–H groups in total. The van der Waals surface area contributed by atoms with E-state index in [4.69, 9.17) is 4.74 Å². The van der Waals surface area contributed by atoms with E-state index in [-0.39, 0.29) is 10.9 Å². The summed E-state index contributed by atoms with van der Waals surface area (Å²) in [6, 6.07) is 1.28. The van der Waals surface area contributed by atoms with E-state index < -0.39 is 4.92 Å². The van der Waals surface area contributed by atoms with Gasteiger partial charge in [-0.15, -0.1) is 0 Å². The Bertz CT molecular complexity index is 408. The molecule has 0 spiro atoms. The molecule has 0 radical (unpaired) electrons. The Morgan fingerprint density at radius 3 is 2.89 bits per heavy atom. The van der Waals surface area contributed by atoms with Crippen molar-refractivity contribution in [3.05, 3.63) is 27.1 Å². The first-order chi connectivity index (χ1) is 8.65. The molecule has 1 aromatic heterocycles. The molecular formula is C10H15N3O4S. The normalized spacial score (nSPS) is 10.3. The summed E-state index contributed by atoms with van der Waals surface area (Å²) in [5.74, 6) is -0.298. The van der Waals surface area contributed by atoms with E-state index in [1.54, 1.807) is 7.11 Å². The first-order valence-corrected chi connectivity index (χ1v) is 6.24. The van der Waals surface area contributed by atoms with Crippen LogP contribution in [-0.2, 0) is 4.74 Å². The SMILES string of the molecule is COCCNCCNC(=O)c1csc([N+](=O)[O-])c1. The molecule has 1 rings (SSSR count). The number of nitrogens with one attached hydrogen (secondary N) is 2. The van der Waals surface area contributed by atoms with Gasteiger partial charge in [0.05, 0.1) is 17.1 Å². The molecule has 8 heteroatoms. The van der Waals surface area contributed by atoms with Gasteiger partial charge in [-0.05, 0) is 0 Å². The van der Waals surface area contributed by atoms with Crippen LogP contribution in [0.1, 0.15) is 10.4 Å². The fraction of sp³-hybridized carbons (Fsp3) is 0.500. The number of ether oxygens (including phenoxy) is 1. The Morgan fingerprint density at radius 1 is 1.50 bits per heavy atom. The number of nitrogens with zero attached hydrogens (tertiary/aromatic N) is 1. The molecule has 0 aliphatic carbocycles. The number of carbonyl (C=O) groups excluding carboxylic acids is 1. The Kier molecular flexibility index (Phi) is 6.26. The summed E-state index contributed by atoms with van der Waals surface area (Å²) in [4.78, 5) is 21.5. The van der Waals surface area contributed by atoms with E-state index in [0.717, 1.165) is 17.9 Å². The molecule has 1 aromatic rings. The smallest absolute Gasteiger partial charge is 0.324 e. The molecule has 0 unspecified atom stereocenters. The third-order valence-electron chi connectivity index (χ3n) is 2.10. The number of hydrogen-bond donors (Lipinski definition) is 2. The average Bonchev–Trinajstić information content (AvgIpc) is 2.83. The maximum atomic E-state index is 11.6. The Morgan fingerprint density at radius 2 is 2.28 bits per heavy atom. The predicted octanol–water partition coefficient (Wildman–Crippen LogP) is 0.622. The highest BCUT2D eigenvalue weighted by atomic mass is 32.1. The quantitative estimate of drug-likeness (QED) is 0.411. The van der Waals surface area contributed by atoms with Gasteiger partial charge in [0.2, 0.25) is 0 Å². The lowest BCUT2D eigenvalue weighted by Crippen LogP contribution is -2.32. The van der Waals surface area contributed by atoms with Gasteiger partial charge in [0, 0.05) is 38.2 Å². The van der Waals surface area contributed by atoms with Gasteiger partial charge in [0.15, 0.2) is 0 Å². The van der Waals surface area contributed by atoms with Crippen LogP contribution in [0.4, 0.5) is 5.00 Å². The van der Waals surface area contributed by atoms with Gasteiger partial charge in [-0.25, -0.2) is 0 Å². The van der Waals surface area contributed by atoms with Crippen LogP contribution < -0.4 is 10.6 Å². The van der Waals surface area contributed by atoms with E-state index in [1.165, 1.54) is 11.4 Å². The lowest BCUT2D eigenvalue weighted by molar-refractivity contribution is -0.380. The largest absolute Gasteiger partial charge is 0.383 e. The van der Waals surface area contributed by atoms with E-state index in [2.05, 4.69) is 10.6 Å². The lowest BCUT2D eigenvalue weighted by atomic mass is 10.3. The molecule has 1 amide bonds. The third kappa shape index (κ3) is 4.78. The topological polar surface area (TPSA) is 93.5 Å². The van der Waals surface area contributed by atoms with Gasteiger partial charge in [-0.3, -0.25) is 14.9 Å². The maximum absolute atomic E-state index is 11.6. The number of hydrogen-bond acceptors (Lipinski definition) is 6. The second kappa shape index (κ2) is 7.75. The number of methoxy groups -OCH3 is 1. The van der Waals surface area contributed by atoms with Gasteiger partial charge in [0.1, 0.15) is 0 Å². The first kappa shape index (κ1) is 14.6. The number of amides is 1. The van der Waals surface area contributed by atoms with E-state index in [9.17, 15) is 14.9 Å². The Labute approximate surface area is 108 Å².